The minimum Gasteiger partial charge on any atom is -0.494 e. The summed E-state index contributed by atoms with van der Waals surface area (Å²) in [6.07, 6.45) is 0. The number of hydrogen-bond donors (Lipinski definition) is 1. The number of benzene rings is 3. The van der Waals surface area contributed by atoms with E-state index in [-0.39, 0.29) is 41.1 Å². The SMILES string of the molecule is COc1cccc(-n2c(=O)c3c(CN(C)C)n(-c4ccc(N)cc4)nc3n(Cc3c(C)cccc3F)c2=O)c1F. The first-order valence-electron chi connectivity index (χ1n) is 12.5. The van der Waals surface area contributed by atoms with Crippen LogP contribution >= 0.6 is 0 Å². The van der Waals surface area contributed by atoms with Crippen molar-refractivity contribution < 1.29 is 13.5 Å². The molecule has 0 saturated carbocycles. The third kappa shape index (κ3) is 4.54. The van der Waals surface area contributed by atoms with Crippen molar-refractivity contribution in [3.8, 4) is 17.1 Å². The van der Waals surface area contributed by atoms with Gasteiger partial charge in [-0.15, -0.1) is 5.10 Å². The van der Waals surface area contributed by atoms with E-state index in [0.29, 0.717) is 22.6 Å². The van der Waals surface area contributed by atoms with Crippen LogP contribution in [0.15, 0.2) is 70.3 Å². The Morgan fingerprint density at radius 3 is 2.35 bits per heavy atom. The van der Waals surface area contributed by atoms with Crippen molar-refractivity contribution in [1.82, 2.24) is 23.8 Å². The fourth-order valence-corrected chi connectivity index (χ4v) is 4.74. The first-order valence-corrected chi connectivity index (χ1v) is 12.5. The van der Waals surface area contributed by atoms with Crippen LogP contribution in [0.25, 0.3) is 22.4 Å². The minimum atomic E-state index is -0.878. The van der Waals surface area contributed by atoms with Gasteiger partial charge in [-0.05, 0) is 69.0 Å². The molecule has 3 aromatic carbocycles. The van der Waals surface area contributed by atoms with Crippen molar-refractivity contribution in [1.29, 1.82) is 0 Å². The molecular weight excluding hydrogens is 518 g/mol. The molecule has 0 fully saturated rings. The third-order valence-corrected chi connectivity index (χ3v) is 6.73. The van der Waals surface area contributed by atoms with Crippen LogP contribution in [0.2, 0.25) is 0 Å². The van der Waals surface area contributed by atoms with Crippen LogP contribution in [0, 0.1) is 18.6 Å². The quantitative estimate of drug-likeness (QED) is 0.313. The molecule has 0 unspecified atom stereocenters. The number of anilines is 1. The first kappa shape index (κ1) is 26.8. The molecule has 206 valence electrons. The van der Waals surface area contributed by atoms with E-state index in [4.69, 9.17) is 15.6 Å². The van der Waals surface area contributed by atoms with Gasteiger partial charge in [-0.3, -0.25) is 9.36 Å². The van der Waals surface area contributed by atoms with Crippen molar-refractivity contribution >= 4 is 16.7 Å². The van der Waals surface area contributed by atoms with Gasteiger partial charge >= 0.3 is 5.69 Å². The number of halogens is 2. The number of nitrogens with zero attached hydrogens (tertiary/aromatic N) is 5. The molecular formula is C29H28F2N6O3. The average molecular weight is 547 g/mol. The normalized spacial score (nSPS) is 11.5. The van der Waals surface area contributed by atoms with Crippen molar-refractivity contribution in [3.63, 3.8) is 0 Å². The van der Waals surface area contributed by atoms with Crippen LogP contribution in [0.5, 0.6) is 5.75 Å². The summed E-state index contributed by atoms with van der Waals surface area (Å²) in [7, 11) is 4.94. The van der Waals surface area contributed by atoms with Gasteiger partial charge in [0.1, 0.15) is 11.2 Å². The summed E-state index contributed by atoms with van der Waals surface area (Å²) in [6, 6.07) is 15.7. The van der Waals surface area contributed by atoms with Gasteiger partial charge in [0.05, 0.1) is 30.7 Å². The second-order valence-electron chi connectivity index (χ2n) is 9.72. The summed E-state index contributed by atoms with van der Waals surface area (Å²) in [4.78, 5) is 30.0. The number of methoxy groups -OCH3 is 1. The van der Waals surface area contributed by atoms with Crippen molar-refractivity contribution in [3.05, 3.63) is 110 Å². The molecule has 9 nitrogen and oxygen atoms in total. The van der Waals surface area contributed by atoms with Crippen molar-refractivity contribution in [2.45, 2.75) is 20.0 Å². The molecule has 40 heavy (non-hydrogen) atoms. The lowest BCUT2D eigenvalue weighted by atomic mass is 10.1. The largest absolute Gasteiger partial charge is 0.494 e. The Kier molecular flexibility index (Phi) is 6.99. The maximum atomic E-state index is 15.5. The Balaban J connectivity index is 1.94. The van der Waals surface area contributed by atoms with Gasteiger partial charge in [0.25, 0.3) is 5.56 Å². The summed E-state index contributed by atoms with van der Waals surface area (Å²) in [5.41, 5.74) is 6.48. The van der Waals surface area contributed by atoms with Gasteiger partial charge in [0, 0.05) is 17.8 Å². The van der Waals surface area contributed by atoms with Gasteiger partial charge in [-0.2, -0.15) is 0 Å². The van der Waals surface area contributed by atoms with E-state index in [0.717, 1.165) is 4.57 Å². The summed E-state index contributed by atoms with van der Waals surface area (Å²) in [5.74, 6) is -1.53. The van der Waals surface area contributed by atoms with E-state index in [1.54, 1.807) is 48.0 Å². The van der Waals surface area contributed by atoms with Gasteiger partial charge in [-0.1, -0.05) is 18.2 Å². The van der Waals surface area contributed by atoms with E-state index in [1.165, 1.54) is 35.9 Å². The van der Waals surface area contributed by atoms with E-state index in [1.807, 2.05) is 19.0 Å². The van der Waals surface area contributed by atoms with Crippen LogP contribution < -0.4 is 21.7 Å². The van der Waals surface area contributed by atoms with E-state index >= 15 is 4.39 Å². The molecule has 2 N–H and O–H groups in total. The van der Waals surface area contributed by atoms with Crippen molar-refractivity contribution in [2.24, 2.45) is 0 Å². The predicted molar refractivity (Wildman–Crippen MR) is 149 cm³/mol. The highest BCUT2D eigenvalue weighted by Crippen LogP contribution is 2.25. The molecule has 0 radical (unpaired) electrons. The Labute approximate surface area is 228 Å². The zero-order valence-electron chi connectivity index (χ0n) is 22.5. The average Bonchev–Trinajstić information content (AvgIpc) is 3.28. The van der Waals surface area contributed by atoms with Crippen LogP contribution in [-0.4, -0.2) is 45.0 Å². The van der Waals surface area contributed by atoms with Crippen LogP contribution in [-0.2, 0) is 13.1 Å². The third-order valence-electron chi connectivity index (χ3n) is 6.73. The Morgan fingerprint density at radius 1 is 1.00 bits per heavy atom. The molecule has 0 amide bonds. The second-order valence-corrected chi connectivity index (χ2v) is 9.72. The highest BCUT2D eigenvalue weighted by molar-refractivity contribution is 5.79. The van der Waals surface area contributed by atoms with Crippen LogP contribution in [0.3, 0.4) is 0 Å². The molecule has 0 atom stereocenters. The molecule has 2 heterocycles. The van der Waals surface area contributed by atoms with Gasteiger partial charge in [0.2, 0.25) is 0 Å². The number of aryl methyl sites for hydroxylation is 1. The van der Waals surface area contributed by atoms with E-state index in [9.17, 15) is 14.0 Å². The molecule has 0 saturated heterocycles. The van der Waals surface area contributed by atoms with Gasteiger partial charge in [-0.25, -0.2) is 22.8 Å². The van der Waals surface area contributed by atoms with E-state index < -0.39 is 22.9 Å². The number of aromatic nitrogens is 4. The number of nitrogens with two attached hydrogens (primary N) is 1. The smallest absolute Gasteiger partial charge is 0.337 e. The Bertz CT molecular complexity index is 1840. The fourth-order valence-electron chi connectivity index (χ4n) is 4.74. The highest BCUT2D eigenvalue weighted by atomic mass is 19.1. The molecule has 5 rings (SSSR count). The first-order chi connectivity index (χ1) is 19.1. The monoisotopic (exact) mass is 546 g/mol. The summed E-state index contributed by atoms with van der Waals surface area (Å²) >= 11 is 0. The summed E-state index contributed by atoms with van der Waals surface area (Å²) in [5, 5.41) is 4.79. The maximum Gasteiger partial charge on any atom is 0.337 e. The Hall–Kier alpha value is -4.77. The number of rotatable bonds is 7. The van der Waals surface area contributed by atoms with Gasteiger partial charge in [0.15, 0.2) is 17.2 Å². The number of nitrogen functional groups attached to an aromatic ring is 1. The lowest BCUT2D eigenvalue weighted by molar-refractivity contribution is 0.385. The lowest BCUT2D eigenvalue weighted by Gasteiger charge is -2.15. The standard InChI is InChI=1S/C29H28F2N6O3/c1-17-7-5-8-21(30)20(17)15-35-27-25(23(16-34(2)3)37(33-27)19-13-11-18(32)12-14-19)28(38)36(29(35)39)22-9-6-10-24(40-4)26(22)31/h5-14H,15-16,32H2,1-4H3. The summed E-state index contributed by atoms with van der Waals surface area (Å²) in [6.45, 7) is 1.75. The van der Waals surface area contributed by atoms with E-state index in [2.05, 4.69) is 0 Å². The zero-order valence-corrected chi connectivity index (χ0v) is 22.5. The number of ether oxygens (including phenoxy) is 1. The summed E-state index contributed by atoms with van der Waals surface area (Å²) < 4.78 is 39.1. The van der Waals surface area contributed by atoms with Crippen molar-refractivity contribution in [2.75, 3.05) is 26.9 Å². The number of hydrogen-bond acceptors (Lipinski definition) is 6. The topological polar surface area (TPSA) is 100 Å². The molecule has 0 spiro atoms. The molecule has 0 aliphatic heterocycles. The molecule has 5 aromatic rings. The minimum absolute atomic E-state index is 0.0471. The predicted octanol–water partition coefficient (Wildman–Crippen LogP) is 3.63. The van der Waals surface area contributed by atoms with Crippen LogP contribution in [0.1, 0.15) is 16.8 Å². The second kappa shape index (κ2) is 10.4. The molecule has 0 aliphatic rings. The fraction of sp³-hybridized carbons (Fsp3) is 0.207. The molecule has 0 bridgehead atoms. The molecule has 0 aliphatic carbocycles. The van der Waals surface area contributed by atoms with Crippen LogP contribution in [0.4, 0.5) is 14.5 Å². The Morgan fingerprint density at radius 2 is 1.70 bits per heavy atom. The highest BCUT2D eigenvalue weighted by Gasteiger charge is 2.26. The molecule has 11 heteroatoms. The zero-order chi connectivity index (χ0) is 28.7. The maximum absolute atomic E-state index is 15.5. The molecule has 2 aromatic heterocycles. The lowest BCUT2D eigenvalue weighted by Crippen LogP contribution is -2.40. The van der Waals surface area contributed by atoms with Gasteiger partial charge < -0.3 is 15.4 Å². The number of fused-ring (bicyclic) bond motifs is 1.